The fourth-order valence-corrected chi connectivity index (χ4v) is 3.51. The van der Waals surface area contributed by atoms with Crippen molar-refractivity contribution in [1.29, 1.82) is 0 Å². The van der Waals surface area contributed by atoms with E-state index in [1.807, 2.05) is 0 Å². The maximum absolute atomic E-state index is 14.3. The predicted octanol–water partition coefficient (Wildman–Crippen LogP) is 4.42. The molecule has 0 bridgehead atoms. The number of benzene rings is 1. The van der Waals surface area contributed by atoms with Gasteiger partial charge in [0.2, 0.25) is 5.91 Å². The summed E-state index contributed by atoms with van der Waals surface area (Å²) < 4.78 is 48.0. The molecule has 6 nitrogen and oxygen atoms in total. The number of carbonyl (C=O) groups is 2. The largest absolute Gasteiger partial charge is 0.444 e. The minimum absolute atomic E-state index is 0.0890. The molecule has 31 heavy (non-hydrogen) atoms. The van der Waals surface area contributed by atoms with Crippen molar-refractivity contribution in [3.05, 3.63) is 59.8 Å². The summed E-state index contributed by atoms with van der Waals surface area (Å²) in [6.45, 7) is 4.89. The van der Waals surface area contributed by atoms with Crippen LogP contribution >= 0.6 is 0 Å². The zero-order valence-electron chi connectivity index (χ0n) is 17.4. The maximum atomic E-state index is 14.3. The van der Waals surface area contributed by atoms with Crippen LogP contribution in [0.2, 0.25) is 0 Å². The molecule has 0 saturated heterocycles. The Morgan fingerprint density at radius 2 is 1.77 bits per heavy atom. The van der Waals surface area contributed by atoms with Gasteiger partial charge < -0.3 is 10.1 Å². The van der Waals surface area contributed by atoms with Crippen molar-refractivity contribution in [2.45, 2.75) is 45.0 Å². The van der Waals surface area contributed by atoms with Gasteiger partial charge in [-0.15, -0.1) is 0 Å². The second-order valence-electron chi connectivity index (χ2n) is 8.28. The van der Waals surface area contributed by atoms with Crippen LogP contribution in [-0.2, 0) is 16.0 Å². The van der Waals surface area contributed by atoms with E-state index < -0.39 is 35.7 Å². The van der Waals surface area contributed by atoms with Gasteiger partial charge in [-0.05, 0) is 44.4 Å². The molecule has 1 aliphatic rings. The monoisotopic (exact) mass is 435 g/mol. The van der Waals surface area contributed by atoms with E-state index in [0.717, 1.165) is 4.90 Å². The summed E-state index contributed by atoms with van der Waals surface area (Å²) in [6.07, 6.45) is -4.12. The molecule has 0 radical (unpaired) electrons. The van der Waals surface area contributed by atoms with Crippen LogP contribution in [0.4, 0.5) is 23.8 Å². The number of pyridine rings is 1. The molecule has 2 unspecified atom stereocenters. The van der Waals surface area contributed by atoms with Crippen molar-refractivity contribution in [3.63, 3.8) is 0 Å². The van der Waals surface area contributed by atoms with E-state index in [1.165, 1.54) is 18.3 Å². The number of halogens is 3. The molecule has 2 heterocycles. The highest BCUT2D eigenvalue weighted by Gasteiger charge is 2.53. The number of rotatable bonds is 4. The van der Waals surface area contributed by atoms with Crippen molar-refractivity contribution in [1.82, 2.24) is 10.3 Å². The number of aromatic nitrogens is 1. The molecule has 0 fully saturated rings. The molecule has 1 aromatic heterocycles. The van der Waals surface area contributed by atoms with Gasteiger partial charge in [0.05, 0.1) is 6.04 Å². The highest BCUT2D eigenvalue weighted by atomic mass is 19.4. The quantitative estimate of drug-likeness (QED) is 0.772. The molecule has 1 N–H and O–H groups in total. The molecule has 1 aromatic carbocycles. The zero-order chi connectivity index (χ0) is 22.8. The fraction of sp³-hybridized carbons (Fsp3) is 0.409. The van der Waals surface area contributed by atoms with Crippen LogP contribution in [-0.4, -0.2) is 35.3 Å². The Bertz CT molecular complexity index is 942. The lowest BCUT2D eigenvalue weighted by Gasteiger charge is -2.32. The van der Waals surface area contributed by atoms with Gasteiger partial charge in [0.1, 0.15) is 11.4 Å². The average molecular weight is 435 g/mol. The first-order valence-corrected chi connectivity index (χ1v) is 9.84. The van der Waals surface area contributed by atoms with Crippen LogP contribution in [0.3, 0.4) is 0 Å². The van der Waals surface area contributed by atoms with Gasteiger partial charge in [0.25, 0.3) is 0 Å². The van der Waals surface area contributed by atoms with Crippen LogP contribution in [0.1, 0.15) is 37.9 Å². The van der Waals surface area contributed by atoms with Gasteiger partial charge in [-0.2, -0.15) is 13.2 Å². The number of nitrogens with one attached hydrogen (secondary N) is 1. The normalized spacial score (nSPS) is 15.7. The Kier molecular flexibility index (Phi) is 6.24. The summed E-state index contributed by atoms with van der Waals surface area (Å²) in [6, 6.07) is 9.33. The van der Waals surface area contributed by atoms with Gasteiger partial charge in [-0.25, -0.2) is 9.78 Å². The van der Waals surface area contributed by atoms with Crippen molar-refractivity contribution < 1.29 is 27.5 Å². The number of alkyl carbamates (subject to hydrolysis) is 1. The average Bonchev–Trinajstić information content (AvgIpc) is 3.10. The fourth-order valence-electron chi connectivity index (χ4n) is 3.51. The lowest BCUT2D eigenvalue weighted by Crippen LogP contribution is -2.50. The number of fused-ring (bicyclic) bond motifs is 1. The summed E-state index contributed by atoms with van der Waals surface area (Å²) in [5.41, 5.74) is -0.0708. The molecule has 0 aliphatic carbocycles. The Hall–Kier alpha value is -3.10. The predicted molar refractivity (Wildman–Crippen MR) is 108 cm³/mol. The van der Waals surface area contributed by atoms with Crippen LogP contribution in [0.25, 0.3) is 0 Å². The van der Waals surface area contributed by atoms with E-state index in [4.69, 9.17) is 4.74 Å². The molecule has 9 heteroatoms. The SMILES string of the molecule is CC(C)(C)OC(=O)NC(c1ccccc1)C(C(=O)N1CCc2cccnc21)C(F)(F)F. The molecule has 0 spiro atoms. The number of alkyl halides is 3. The van der Waals surface area contributed by atoms with Gasteiger partial charge >= 0.3 is 12.3 Å². The van der Waals surface area contributed by atoms with E-state index in [9.17, 15) is 22.8 Å². The second-order valence-corrected chi connectivity index (χ2v) is 8.28. The molecule has 2 aromatic rings. The van der Waals surface area contributed by atoms with E-state index in [-0.39, 0.29) is 17.9 Å². The van der Waals surface area contributed by atoms with E-state index >= 15 is 0 Å². The molecular weight excluding hydrogens is 411 g/mol. The van der Waals surface area contributed by atoms with E-state index in [0.29, 0.717) is 12.0 Å². The van der Waals surface area contributed by atoms with E-state index in [1.54, 1.807) is 51.1 Å². The number of hydrogen-bond acceptors (Lipinski definition) is 4. The Morgan fingerprint density at radius 3 is 2.39 bits per heavy atom. The summed E-state index contributed by atoms with van der Waals surface area (Å²) >= 11 is 0. The smallest absolute Gasteiger partial charge is 0.408 e. The third-order valence-electron chi connectivity index (χ3n) is 4.78. The summed E-state index contributed by atoms with van der Waals surface area (Å²) in [4.78, 5) is 30.7. The lowest BCUT2D eigenvalue weighted by atomic mass is 9.91. The van der Waals surface area contributed by atoms with Gasteiger partial charge in [-0.3, -0.25) is 9.69 Å². The van der Waals surface area contributed by atoms with Crippen molar-refractivity contribution >= 4 is 17.8 Å². The molecule has 2 amide bonds. The number of hydrogen-bond donors (Lipinski definition) is 1. The number of ether oxygens (including phenoxy) is 1. The first kappa shape index (κ1) is 22.6. The lowest BCUT2D eigenvalue weighted by molar-refractivity contribution is -0.187. The molecule has 166 valence electrons. The van der Waals surface area contributed by atoms with Crippen molar-refractivity contribution in [2.24, 2.45) is 5.92 Å². The number of amides is 2. The van der Waals surface area contributed by atoms with Crippen LogP contribution in [0, 0.1) is 5.92 Å². The molecular formula is C22H24F3N3O3. The topological polar surface area (TPSA) is 71.5 Å². The molecule has 2 atom stereocenters. The third-order valence-corrected chi connectivity index (χ3v) is 4.78. The Labute approximate surface area is 178 Å². The summed E-state index contributed by atoms with van der Waals surface area (Å²) in [5, 5.41) is 2.28. The standard InChI is InChI=1S/C22H24F3N3O3/c1-21(2,3)31-20(30)27-17(14-8-5-4-6-9-14)16(22(23,24)25)19(29)28-13-11-15-10-7-12-26-18(15)28/h4-10,12,16-17H,11,13H2,1-3H3,(H,27,30). The second kappa shape index (κ2) is 8.56. The molecule has 1 aliphatic heterocycles. The van der Waals surface area contributed by atoms with Crippen LogP contribution < -0.4 is 10.2 Å². The number of anilines is 1. The summed E-state index contributed by atoms with van der Waals surface area (Å²) in [7, 11) is 0. The van der Waals surface area contributed by atoms with Crippen LogP contribution in [0.15, 0.2) is 48.7 Å². The van der Waals surface area contributed by atoms with Gasteiger partial charge in [0.15, 0.2) is 5.92 Å². The Morgan fingerprint density at radius 1 is 1.10 bits per heavy atom. The minimum Gasteiger partial charge on any atom is -0.444 e. The van der Waals surface area contributed by atoms with Gasteiger partial charge in [0, 0.05) is 12.7 Å². The van der Waals surface area contributed by atoms with Crippen molar-refractivity contribution in [3.8, 4) is 0 Å². The first-order valence-electron chi connectivity index (χ1n) is 9.84. The third kappa shape index (κ3) is 5.34. The van der Waals surface area contributed by atoms with Crippen molar-refractivity contribution in [2.75, 3.05) is 11.4 Å². The van der Waals surface area contributed by atoms with Gasteiger partial charge in [-0.1, -0.05) is 36.4 Å². The highest BCUT2D eigenvalue weighted by molar-refractivity contribution is 5.97. The summed E-state index contributed by atoms with van der Waals surface area (Å²) in [5.74, 6) is -3.48. The van der Waals surface area contributed by atoms with Crippen LogP contribution in [0.5, 0.6) is 0 Å². The molecule has 3 rings (SSSR count). The molecule has 0 saturated carbocycles. The zero-order valence-corrected chi connectivity index (χ0v) is 17.4. The minimum atomic E-state index is -4.93. The first-order chi connectivity index (χ1) is 14.5. The highest BCUT2D eigenvalue weighted by Crippen LogP contribution is 2.40. The maximum Gasteiger partial charge on any atom is 0.408 e. The number of carbonyl (C=O) groups excluding carboxylic acids is 2. The number of nitrogens with zero attached hydrogens (tertiary/aromatic N) is 2. The Balaban J connectivity index is 2.00. The van der Waals surface area contributed by atoms with E-state index in [2.05, 4.69) is 10.3 Å².